The van der Waals surface area contributed by atoms with Gasteiger partial charge in [0.15, 0.2) is 0 Å². The van der Waals surface area contributed by atoms with Crippen molar-refractivity contribution in [2.45, 2.75) is 18.4 Å². The highest BCUT2D eigenvalue weighted by atomic mass is 16.4. The Morgan fingerprint density at radius 2 is 2.00 bits per heavy atom. The summed E-state index contributed by atoms with van der Waals surface area (Å²) in [5, 5.41) is 8.67. The second-order valence-electron chi connectivity index (χ2n) is 2.82. The fourth-order valence-corrected chi connectivity index (χ4v) is 1.26. The summed E-state index contributed by atoms with van der Waals surface area (Å²) in [5.74, 6) is -0.625. The Morgan fingerprint density at radius 3 is 2.11 bits per heavy atom. The zero-order valence-electron chi connectivity index (χ0n) is 5.13. The van der Waals surface area contributed by atoms with Crippen LogP contribution in [-0.2, 0) is 4.79 Å². The number of carbonyl (C=O) groups is 1. The van der Waals surface area contributed by atoms with E-state index in [4.69, 9.17) is 5.11 Å². The first-order valence-electron chi connectivity index (χ1n) is 3.24. The largest absolute Gasteiger partial charge is 0.480 e. The Hall–Kier alpha value is -0.570. The van der Waals surface area contributed by atoms with Crippen LogP contribution < -0.4 is 0 Å². The van der Waals surface area contributed by atoms with Crippen LogP contribution in [0, 0.1) is 0 Å². The van der Waals surface area contributed by atoms with Gasteiger partial charge in [-0.15, -0.1) is 0 Å². The van der Waals surface area contributed by atoms with E-state index in [0.717, 1.165) is 25.9 Å². The molecule has 2 rings (SSSR count). The van der Waals surface area contributed by atoms with Gasteiger partial charge in [0.2, 0.25) is 0 Å². The first-order chi connectivity index (χ1) is 4.26. The number of carboxylic acids is 1. The number of aliphatic carboxylic acids is 1. The van der Waals surface area contributed by atoms with Gasteiger partial charge in [0.25, 0.3) is 0 Å². The number of carboxylic acid groups (broad SMARTS) is 1. The molecule has 0 aromatic heterocycles. The predicted molar refractivity (Wildman–Crippen MR) is 31.2 cm³/mol. The summed E-state index contributed by atoms with van der Waals surface area (Å²) in [5.41, 5.74) is -0.389. The molecule has 2 fully saturated rings. The quantitative estimate of drug-likeness (QED) is 0.527. The number of hydrogen-bond acceptors (Lipinski definition) is 2. The van der Waals surface area contributed by atoms with Crippen LogP contribution in [0.4, 0.5) is 0 Å². The maximum Gasteiger partial charge on any atom is 0.324 e. The lowest BCUT2D eigenvalue weighted by molar-refractivity contribution is -0.142. The van der Waals surface area contributed by atoms with Gasteiger partial charge in [-0.1, -0.05) is 0 Å². The minimum Gasteiger partial charge on any atom is -0.480 e. The third-order valence-corrected chi connectivity index (χ3v) is 2.17. The van der Waals surface area contributed by atoms with Crippen LogP contribution in [0.1, 0.15) is 12.8 Å². The molecule has 0 amide bonds. The zero-order valence-corrected chi connectivity index (χ0v) is 5.13. The molecular weight excluding hydrogens is 118 g/mol. The highest BCUT2D eigenvalue weighted by Gasteiger charge is 2.58. The van der Waals surface area contributed by atoms with Gasteiger partial charge in [0, 0.05) is 13.1 Å². The van der Waals surface area contributed by atoms with Crippen molar-refractivity contribution >= 4 is 5.97 Å². The van der Waals surface area contributed by atoms with Crippen molar-refractivity contribution in [3.05, 3.63) is 0 Å². The van der Waals surface area contributed by atoms with Crippen molar-refractivity contribution in [3.63, 3.8) is 0 Å². The molecule has 0 atom stereocenters. The van der Waals surface area contributed by atoms with Crippen molar-refractivity contribution < 1.29 is 9.90 Å². The molecule has 0 spiro atoms. The minimum atomic E-state index is -0.625. The molecule has 1 N–H and O–H groups in total. The molecule has 1 heterocycles. The maximum absolute atomic E-state index is 10.5. The van der Waals surface area contributed by atoms with Crippen LogP contribution in [0.3, 0.4) is 0 Å². The van der Waals surface area contributed by atoms with E-state index < -0.39 is 5.97 Å². The Labute approximate surface area is 53.3 Å². The Kier molecular flexibility index (Phi) is 0.750. The monoisotopic (exact) mass is 127 g/mol. The average Bonchev–Trinajstić information content (AvgIpc) is 2.61. The average molecular weight is 127 g/mol. The summed E-state index contributed by atoms with van der Waals surface area (Å²) < 4.78 is 0. The summed E-state index contributed by atoms with van der Waals surface area (Å²) in [7, 11) is 0. The predicted octanol–water partition coefficient (Wildman–Crippen LogP) is -0.0808. The third kappa shape index (κ3) is 0.580. The molecule has 0 bridgehead atoms. The molecule has 0 aromatic carbocycles. The van der Waals surface area contributed by atoms with Gasteiger partial charge in [-0.25, -0.2) is 0 Å². The number of rotatable bonds is 2. The van der Waals surface area contributed by atoms with E-state index in [2.05, 4.69) is 0 Å². The SMILES string of the molecule is O=C(O)C1(N2CC2)CC1. The van der Waals surface area contributed by atoms with E-state index in [-0.39, 0.29) is 5.54 Å². The highest BCUT2D eigenvalue weighted by molar-refractivity contribution is 5.82. The molecule has 50 valence electrons. The maximum atomic E-state index is 10.5. The lowest BCUT2D eigenvalue weighted by Gasteiger charge is -2.08. The van der Waals surface area contributed by atoms with Gasteiger partial charge in [-0.2, -0.15) is 0 Å². The van der Waals surface area contributed by atoms with Crippen molar-refractivity contribution in [1.29, 1.82) is 0 Å². The van der Waals surface area contributed by atoms with Crippen LogP contribution in [0.2, 0.25) is 0 Å². The zero-order chi connectivity index (χ0) is 6.48. The van der Waals surface area contributed by atoms with E-state index >= 15 is 0 Å². The molecule has 0 aromatic rings. The van der Waals surface area contributed by atoms with E-state index in [1.807, 2.05) is 4.90 Å². The van der Waals surface area contributed by atoms with Crippen molar-refractivity contribution in [2.75, 3.05) is 13.1 Å². The normalized spacial score (nSPS) is 29.8. The van der Waals surface area contributed by atoms with E-state index in [1.54, 1.807) is 0 Å². The summed E-state index contributed by atoms with van der Waals surface area (Å²) in [6.07, 6.45) is 1.73. The fraction of sp³-hybridized carbons (Fsp3) is 0.833. The number of hydrogen-bond donors (Lipinski definition) is 1. The van der Waals surface area contributed by atoms with Gasteiger partial charge in [-0.05, 0) is 12.8 Å². The topological polar surface area (TPSA) is 40.3 Å². The molecule has 1 saturated carbocycles. The molecule has 3 heteroatoms. The Bertz CT molecular complexity index is 158. The molecule has 1 saturated heterocycles. The van der Waals surface area contributed by atoms with Gasteiger partial charge >= 0.3 is 5.97 Å². The van der Waals surface area contributed by atoms with Crippen LogP contribution in [0.25, 0.3) is 0 Å². The minimum absolute atomic E-state index is 0.389. The Balaban J connectivity index is 2.12. The van der Waals surface area contributed by atoms with E-state index in [9.17, 15) is 4.79 Å². The van der Waals surface area contributed by atoms with E-state index in [0.29, 0.717) is 0 Å². The van der Waals surface area contributed by atoms with Crippen molar-refractivity contribution in [3.8, 4) is 0 Å². The molecular formula is C6H9NO2. The second-order valence-corrected chi connectivity index (χ2v) is 2.82. The van der Waals surface area contributed by atoms with Crippen LogP contribution >= 0.6 is 0 Å². The molecule has 1 aliphatic carbocycles. The molecule has 3 nitrogen and oxygen atoms in total. The molecule has 2 aliphatic rings. The van der Waals surface area contributed by atoms with Gasteiger partial charge in [-0.3, -0.25) is 9.69 Å². The van der Waals surface area contributed by atoms with Gasteiger partial charge < -0.3 is 5.11 Å². The summed E-state index contributed by atoms with van der Waals surface area (Å²) >= 11 is 0. The number of nitrogens with zero attached hydrogens (tertiary/aromatic N) is 1. The first kappa shape index (κ1) is 5.23. The molecule has 1 aliphatic heterocycles. The van der Waals surface area contributed by atoms with Crippen LogP contribution in [0.15, 0.2) is 0 Å². The molecule has 0 radical (unpaired) electrons. The van der Waals surface area contributed by atoms with E-state index in [1.165, 1.54) is 0 Å². The molecule has 0 unspecified atom stereocenters. The Morgan fingerprint density at radius 1 is 1.44 bits per heavy atom. The summed E-state index contributed by atoms with van der Waals surface area (Å²) in [4.78, 5) is 12.5. The summed E-state index contributed by atoms with van der Waals surface area (Å²) in [6, 6.07) is 0. The highest BCUT2D eigenvalue weighted by Crippen LogP contribution is 2.45. The van der Waals surface area contributed by atoms with Gasteiger partial charge in [0.05, 0.1) is 0 Å². The molecule has 9 heavy (non-hydrogen) atoms. The third-order valence-electron chi connectivity index (χ3n) is 2.17. The van der Waals surface area contributed by atoms with Crippen molar-refractivity contribution in [1.82, 2.24) is 4.90 Å². The first-order valence-corrected chi connectivity index (χ1v) is 3.24. The van der Waals surface area contributed by atoms with Gasteiger partial charge in [0.1, 0.15) is 5.54 Å². The smallest absolute Gasteiger partial charge is 0.324 e. The van der Waals surface area contributed by atoms with Crippen molar-refractivity contribution in [2.24, 2.45) is 0 Å². The summed E-state index contributed by atoms with van der Waals surface area (Å²) in [6.45, 7) is 1.98. The fourth-order valence-electron chi connectivity index (χ4n) is 1.26. The van der Waals surface area contributed by atoms with Crippen LogP contribution in [0.5, 0.6) is 0 Å². The second kappa shape index (κ2) is 1.29. The lowest BCUT2D eigenvalue weighted by atomic mass is 10.3. The standard InChI is InChI=1S/C6H9NO2/c8-5(9)6(1-2-6)7-3-4-7/h1-4H2,(H,8,9). The van der Waals surface area contributed by atoms with Crippen LogP contribution in [-0.4, -0.2) is 34.6 Å². The lowest BCUT2D eigenvalue weighted by Crippen LogP contribution is -2.30.